The number of carbonyl (C=O) groups is 3. The number of amides is 3. The predicted octanol–water partition coefficient (Wildman–Crippen LogP) is 2.16. The molecule has 2 rings (SSSR count). The Morgan fingerprint density at radius 1 is 1.29 bits per heavy atom. The molecule has 1 aromatic rings. The van der Waals surface area contributed by atoms with E-state index in [9.17, 15) is 14.4 Å². The van der Waals surface area contributed by atoms with Crippen LogP contribution in [0, 0.1) is 5.92 Å². The molecule has 1 heterocycles. The Balaban J connectivity index is 1.64. The zero-order chi connectivity index (χ0) is 20.5. The lowest BCUT2D eigenvalue weighted by molar-refractivity contribution is -0.141. The Bertz CT molecular complexity index is 677. The van der Waals surface area contributed by atoms with Crippen molar-refractivity contribution in [2.24, 2.45) is 5.92 Å². The number of benzene rings is 1. The molecular weight excluding hydrogens is 362 g/mol. The number of rotatable bonds is 9. The van der Waals surface area contributed by atoms with Gasteiger partial charge in [-0.25, -0.2) is 4.79 Å². The van der Waals surface area contributed by atoms with E-state index in [2.05, 4.69) is 10.6 Å². The van der Waals surface area contributed by atoms with E-state index in [0.29, 0.717) is 39.0 Å². The summed E-state index contributed by atoms with van der Waals surface area (Å²) < 4.78 is 5.41. The van der Waals surface area contributed by atoms with Crippen molar-refractivity contribution in [3.05, 3.63) is 29.8 Å². The van der Waals surface area contributed by atoms with Gasteiger partial charge >= 0.3 is 12.0 Å². The highest BCUT2D eigenvalue weighted by Crippen LogP contribution is 2.18. The lowest BCUT2D eigenvalue weighted by atomic mass is 10.1. The molecule has 154 valence electrons. The van der Waals surface area contributed by atoms with Crippen LogP contribution in [0.3, 0.4) is 0 Å². The summed E-state index contributed by atoms with van der Waals surface area (Å²) in [5, 5.41) is 14.7. The van der Waals surface area contributed by atoms with Gasteiger partial charge in [-0.15, -0.1) is 0 Å². The van der Waals surface area contributed by atoms with Gasteiger partial charge in [-0.2, -0.15) is 0 Å². The number of ether oxygens (including phenoxy) is 1. The molecule has 1 fully saturated rings. The molecule has 28 heavy (non-hydrogen) atoms. The molecular formula is C20H29N3O5. The van der Waals surface area contributed by atoms with Gasteiger partial charge in [-0.05, 0) is 44.4 Å². The summed E-state index contributed by atoms with van der Waals surface area (Å²) >= 11 is 0. The summed E-state index contributed by atoms with van der Waals surface area (Å²) in [6.07, 6.45) is 1.30. The first kappa shape index (κ1) is 21.5. The van der Waals surface area contributed by atoms with Crippen LogP contribution in [0.5, 0.6) is 5.75 Å². The Kier molecular flexibility index (Phi) is 8.10. The minimum absolute atomic E-state index is 0.0808. The first-order valence-electron chi connectivity index (χ1n) is 9.68. The molecule has 0 aliphatic carbocycles. The first-order valence-corrected chi connectivity index (χ1v) is 9.68. The number of nitrogens with one attached hydrogen (secondary N) is 2. The highest BCUT2D eigenvalue weighted by atomic mass is 16.5. The second kappa shape index (κ2) is 10.5. The van der Waals surface area contributed by atoms with Crippen LogP contribution in [0.2, 0.25) is 0 Å². The highest BCUT2D eigenvalue weighted by Gasteiger charge is 2.30. The third-order valence-electron chi connectivity index (χ3n) is 4.75. The van der Waals surface area contributed by atoms with Gasteiger partial charge in [0.05, 0.1) is 18.6 Å². The van der Waals surface area contributed by atoms with E-state index in [-0.39, 0.29) is 24.5 Å². The smallest absolute Gasteiger partial charge is 0.317 e. The summed E-state index contributed by atoms with van der Waals surface area (Å²) in [5.74, 6) is -0.634. The largest absolute Gasteiger partial charge is 0.494 e. The standard InChI is InChI=1S/C20H29N3O5/c1-3-28-17-8-6-15(7-9-17)14(2)22-18(24)5-4-11-21-20(27)23-12-10-16(13-23)19(25)26/h6-9,14,16H,3-5,10-13H2,1-2H3,(H,21,27)(H,22,24)(H,25,26). The van der Waals surface area contributed by atoms with Gasteiger partial charge in [0.15, 0.2) is 0 Å². The predicted molar refractivity (Wildman–Crippen MR) is 104 cm³/mol. The van der Waals surface area contributed by atoms with E-state index in [1.165, 1.54) is 4.90 Å². The summed E-state index contributed by atoms with van der Waals surface area (Å²) in [6.45, 7) is 5.51. The van der Waals surface area contributed by atoms with Gasteiger partial charge in [0.2, 0.25) is 5.91 Å². The van der Waals surface area contributed by atoms with E-state index in [4.69, 9.17) is 9.84 Å². The van der Waals surface area contributed by atoms with Crippen molar-refractivity contribution in [1.29, 1.82) is 0 Å². The first-order chi connectivity index (χ1) is 13.4. The van der Waals surface area contributed by atoms with Gasteiger partial charge in [-0.1, -0.05) is 12.1 Å². The van der Waals surface area contributed by atoms with E-state index in [1.54, 1.807) is 0 Å². The van der Waals surface area contributed by atoms with Crippen molar-refractivity contribution in [2.45, 2.75) is 39.2 Å². The molecule has 0 aromatic heterocycles. The van der Waals surface area contributed by atoms with Gasteiger partial charge in [-0.3, -0.25) is 9.59 Å². The monoisotopic (exact) mass is 391 g/mol. The molecule has 2 atom stereocenters. The summed E-state index contributed by atoms with van der Waals surface area (Å²) in [4.78, 5) is 36.5. The minimum Gasteiger partial charge on any atom is -0.494 e. The quantitative estimate of drug-likeness (QED) is 0.559. The van der Waals surface area contributed by atoms with Crippen LogP contribution >= 0.6 is 0 Å². The van der Waals surface area contributed by atoms with Gasteiger partial charge in [0.1, 0.15) is 5.75 Å². The highest BCUT2D eigenvalue weighted by molar-refractivity contribution is 5.78. The van der Waals surface area contributed by atoms with E-state index < -0.39 is 11.9 Å². The molecule has 2 unspecified atom stereocenters. The molecule has 0 radical (unpaired) electrons. The lowest BCUT2D eigenvalue weighted by Crippen LogP contribution is -2.39. The van der Waals surface area contributed by atoms with E-state index in [1.807, 2.05) is 38.1 Å². The summed E-state index contributed by atoms with van der Waals surface area (Å²) in [6, 6.07) is 7.23. The van der Waals surface area contributed by atoms with Gasteiger partial charge < -0.3 is 25.4 Å². The third kappa shape index (κ3) is 6.44. The molecule has 0 bridgehead atoms. The minimum atomic E-state index is -0.867. The van der Waals surface area contributed by atoms with Crippen LogP contribution in [0.1, 0.15) is 44.7 Å². The van der Waals surface area contributed by atoms with Crippen molar-refractivity contribution in [3.8, 4) is 5.75 Å². The topological polar surface area (TPSA) is 108 Å². The molecule has 3 amide bonds. The van der Waals surface area contributed by atoms with Crippen molar-refractivity contribution < 1.29 is 24.2 Å². The zero-order valence-electron chi connectivity index (χ0n) is 16.4. The molecule has 3 N–H and O–H groups in total. The van der Waals surface area contributed by atoms with Crippen LogP contribution in [0.25, 0.3) is 0 Å². The summed E-state index contributed by atoms with van der Waals surface area (Å²) in [7, 11) is 0. The third-order valence-corrected chi connectivity index (χ3v) is 4.75. The molecule has 8 heteroatoms. The van der Waals surface area contributed by atoms with Crippen LogP contribution in [0.15, 0.2) is 24.3 Å². The second-order valence-electron chi connectivity index (χ2n) is 6.90. The fourth-order valence-electron chi connectivity index (χ4n) is 3.12. The van der Waals surface area contributed by atoms with Crippen molar-refractivity contribution in [1.82, 2.24) is 15.5 Å². The van der Waals surface area contributed by atoms with Crippen LogP contribution in [0.4, 0.5) is 4.79 Å². The number of hydrogen-bond donors (Lipinski definition) is 3. The Labute approximate surface area is 165 Å². The normalized spacial score (nSPS) is 17.1. The fraction of sp³-hybridized carbons (Fsp3) is 0.550. The summed E-state index contributed by atoms with van der Waals surface area (Å²) in [5.41, 5.74) is 0.993. The zero-order valence-corrected chi connectivity index (χ0v) is 16.4. The Morgan fingerprint density at radius 3 is 2.61 bits per heavy atom. The van der Waals surface area contributed by atoms with E-state index in [0.717, 1.165) is 11.3 Å². The molecule has 0 saturated carbocycles. The molecule has 8 nitrogen and oxygen atoms in total. The second-order valence-corrected chi connectivity index (χ2v) is 6.90. The number of aliphatic carboxylic acids is 1. The number of carbonyl (C=O) groups excluding carboxylic acids is 2. The molecule has 1 aliphatic rings. The Hall–Kier alpha value is -2.77. The van der Waals surface area contributed by atoms with Gasteiger partial charge in [0.25, 0.3) is 0 Å². The fourth-order valence-corrected chi connectivity index (χ4v) is 3.12. The SMILES string of the molecule is CCOc1ccc(C(C)NC(=O)CCCNC(=O)N2CCC(C(=O)O)C2)cc1. The number of carboxylic acid groups (broad SMARTS) is 1. The molecule has 0 spiro atoms. The number of hydrogen-bond acceptors (Lipinski definition) is 4. The maximum absolute atomic E-state index is 12.1. The maximum Gasteiger partial charge on any atom is 0.317 e. The number of carboxylic acids is 1. The van der Waals surface area contributed by atoms with Crippen molar-refractivity contribution in [2.75, 3.05) is 26.2 Å². The van der Waals surface area contributed by atoms with Crippen LogP contribution in [-0.4, -0.2) is 54.2 Å². The molecule has 1 aliphatic heterocycles. The average molecular weight is 391 g/mol. The van der Waals surface area contributed by atoms with Crippen LogP contribution < -0.4 is 15.4 Å². The maximum atomic E-state index is 12.1. The number of urea groups is 1. The number of nitrogens with zero attached hydrogens (tertiary/aromatic N) is 1. The van der Waals surface area contributed by atoms with Gasteiger partial charge in [0, 0.05) is 26.1 Å². The van der Waals surface area contributed by atoms with Crippen molar-refractivity contribution >= 4 is 17.9 Å². The van der Waals surface area contributed by atoms with Crippen molar-refractivity contribution in [3.63, 3.8) is 0 Å². The Morgan fingerprint density at radius 2 is 2.00 bits per heavy atom. The molecule has 1 aromatic carbocycles. The van der Waals surface area contributed by atoms with E-state index >= 15 is 0 Å². The molecule has 1 saturated heterocycles. The number of likely N-dealkylation sites (tertiary alicyclic amines) is 1. The lowest BCUT2D eigenvalue weighted by Gasteiger charge is -2.17. The van der Waals surface area contributed by atoms with Crippen LogP contribution in [-0.2, 0) is 9.59 Å². The average Bonchev–Trinajstić information content (AvgIpc) is 3.16.